The van der Waals surface area contributed by atoms with Crippen LogP contribution in [0.3, 0.4) is 0 Å². The van der Waals surface area contributed by atoms with Crippen molar-refractivity contribution in [3.63, 3.8) is 0 Å². The number of rotatable bonds is 3. The van der Waals surface area contributed by atoms with Crippen LogP contribution in [0.15, 0.2) is 16.5 Å². The fourth-order valence-corrected chi connectivity index (χ4v) is 5.14. The van der Waals surface area contributed by atoms with Crippen LogP contribution in [0.25, 0.3) is 0 Å². The van der Waals surface area contributed by atoms with Gasteiger partial charge in [0.25, 0.3) is 0 Å². The third-order valence-corrected chi connectivity index (χ3v) is 6.70. The summed E-state index contributed by atoms with van der Waals surface area (Å²) in [6, 6.07) is 4.08. The first-order valence-electron chi connectivity index (χ1n) is 10.5. The Morgan fingerprint density at radius 2 is 1.93 bits per heavy atom. The van der Waals surface area contributed by atoms with Crippen molar-refractivity contribution in [2.45, 2.75) is 70.1 Å². The number of nitrogens with zero attached hydrogens (tertiary/aromatic N) is 3. The number of amides is 2. The van der Waals surface area contributed by atoms with Crippen molar-refractivity contribution in [2.24, 2.45) is 0 Å². The minimum Gasteiger partial charge on any atom is -0.464 e. The van der Waals surface area contributed by atoms with Gasteiger partial charge in [-0.2, -0.15) is 0 Å². The zero-order chi connectivity index (χ0) is 19.8. The van der Waals surface area contributed by atoms with Crippen LogP contribution in [-0.4, -0.2) is 71.6 Å². The maximum absolute atomic E-state index is 13.5. The van der Waals surface area contributed by atoms with E-state index in [0.717, 1.165) is 37.5 Å². The van der Waals surface area contributed by atoms with E-state index >= 15 is 0 Å². The fraction of sp³-hybridized carbons (Fsp3) is 0.714. The molecule has 0 aromatic carbocycles. The number of likely N-dealkylation sites (tertiary alicyclic amines) is 2. The molecule has 0 aliphatic carbocycles. The number of ether oxygens (including phenoxy) is 1. The molecule has 3 saturated heterocycles. The van der Waals surface area contributed by atoms with Crippen molar-refractivity contribution < 1.29 is 18.7 Å². The molecule has 3 fully saturated rings. The molecule has 154 valence electrons. The average Bonchev–Trinajstić information content (AvgIpc) is 3.33. The highest BCUT2D eigenvalue weighted by Crippen LogP contribution is 2.39. The summed E-state index contributed by atoms with van der Waals surface area (Å²) in [6.07, 6.45) is 4.30. The van der Waals surface area contributed by atoms with Gasteiger partial charge in [-0.25, -0.2) is 4.79 Å². The van der Waals surface area contributed by atoms with E-state index in [2.05, 4.69) is 11.9 Å². The fourth-order valence-electron chi connectivity index (χ4n) is 5.14. The van der Waals surface area contributed by atoms with Gasteiger partial charge in [-0.1, -0.05) is 0 Å². The Morgan fingerprint density at radius 1 is 1.14 bits per heavy atom. The number of carbonyl (C=O) groups is 2. The molecule has 0 saturated carbocycles. The maximum atomic E-state index is 13.5. The van der Waals surface area contributed by atoms with E-state index in [0.29, 0.717) is 31.5 Å². The van der Waals surface area contributed by atoms with Crippen LogP contribution < -0.4 is 0 Å². The highest BCUT2D eigenvalue weighted by Gasteiger charge is 2.46. The van der Waals surface area contributed by atoms with Crippen molar-refractivity contribution >= 4 is 12.0 Å². The van der Waals surface area contributed by atoms with Gasteiger partial charge in [-0.15, -0.1) is 0 Å². The van der Waals surface area contributed by atoms with Crippen LogP contribution >= 0.6 is 0 Å². The lowest BCUT2D eigenvalue weighted by molar-refractivity contribution is -0.136. The number of fused-ring (bicyclic) bond motifs is 2. The lowest BCUT2D eigenvalue weighted by atomic mass is 10.1. The maximum Gasteiger partial charge on any atom is 0.411 e. The van der Waals surface area contributed by atoms with E-state index in [4.69, 9.17) is 9.15 Å². The second-order valence-electron chi connectivity index (χ2n) is 8.29. The van der Waals surface area contributed by atoms with Gasteiger partial charge in [0.05, 0.1) is 12.6 Å². The van der Waals surface area contributed by atoms with Crippen LogP contribution in [0, 0.1) is 6.92 Å². The molecule has 4 heterocycles. The molecule has 3 aliphatic rings. The zero-order valence-electron chi connectivity index (χ0n) is 17.1. The summed E-state index contributed by atoms with van der Waals surface area (Å²) in [7, 11) is 2.17. The molecule has 4 atom stereocenters. The van der Waals surface area contributed by atoms with Gasteiger partial charge in [-0.3, -0.25) is 14.6 Å². The van der Waals surface area contributed by atoms with Crippen LogP contribution in [0.1, 0.15) is 56.6 Å². The summed E-state index contributed by atoms with van der Waals surface area (Å²) in [4.78, 5) is 32.3. The Morgan fingerprint density at radius 3 is 2.64 bits per heavy atom. The van der Waals surface area contributed by atoms with Gasteiger partial charge in [0.2, 0.25) is 5.91 Å². The van der Waals surface area contributed by atoms with Crippen LogP contribution in [0.5, 0.6) is 0 Å². The SMILES string of the molecule is CCOC(=O)N1[C@@H](C(=O)N2CC[C@H]3CC[C@@H](C2)N3C)CC[C@H]1c1ccc(C)o1. The van der Waals surface area contributed by atoms with Crippen molar-refractivity contribution in [3.05, 3.63) is 23.7 Å². The molecule has 1 aromatic heterocycles. The van der Waals surface area contributed by atoms with Crippen molar-refractivity contribution in [1.82, 2.24) is 14.7 Å². The third-order valence-electron chi connectivity index (χ3n) is 6.70. The molecular weight excluding hydrogens is 358 g/mol. The van der Waals surface area contributed by atoms with Gasteiger partial charge in [-0.05, 0) is 65.1 Å². The summed E-state index contributed by atoms with van der Waals surface area (Å²) in [5.41, 5.74) is 0. The largest absolute Gasteiger partial charge is 0.464 e. The Bertz CT molecular complexity index is 733. The quantitative estimate of drug-likeness (QED) is 0.795. The molecule has 2 bridgehead atoms. The number of aryl methyl sites for hydroxylation is 1. The predicted octanol–water partition coefficient (Wildman–Crippen LogP) is 2.95. The van der Waals surface area contributed by atoms with E-state index in [-0.39, 0.29) is 11.9 Å². The van der Waals surface area contributed by atoms with Gasteiger partial charge in [0.15, 0.2) is 0 Å². The van der Waals surface area contributed by atoms with Crippen molar-refractivity contribution in [1.29, 1.82) is 0 Å². The first-order valence-corrected chi connectivity index (χ1v) is 10.5. The molecule has 7 nitrogen and oxygen atoms in total. The monoisotopic (exact) mass is 389 g/mol. The summed E-state index contributed by atoms with van der Waals surface area (Å²) in [5.74, 6) is 1.59. The Balaban J connectivity index is 1.55. The summed E-state index contributed by atoms with van der Waals surface area (Å²) < 4.78 is 11.1. The Kier molecular flexibility index (Phi) is 5.36. The van der Waals surface area contributed by atoms with E-state index in [1.807, 2.05) is 24.0 Å². The second kappa shape index (κ2) is 7.78. The smallest absolute Gasteiger partial charge is 0.411 e. The van der Waals surface area contributed by atoms with Crippen LogP contribution in [0.2, 0.25) is 0 Å². The number of hydrogen-bond donors (Lipinski definition) is 0. The molecule has 4 rings (SSSR count). The molecular formula is C21H31N3O4. The Labute approximate surface area is 166 Å². The summed E-state index contributed by atoms with van der Waals surface area (Å²) in [5, 5.41) is 0. The zero-order valence-corrected chi connectivity index (χ0v) is 17.1. The van der Waals surface area contributed by atoms with E-state index < -0.39 is 12.1 Å². The number of furan rings is 1. The first-order chi connectivity index (χ1) is 13.5. The molecule has 0 radical (unpaired) electrons. The van der Waals surface area contributed by atoms with Gasteiger partial charge < -0.3 is 14.1 Å². The first kappa shape index (κ1) is 19.3. The number of hydrogen-bond acceptors (Lipinski definition) is 5. The average molecular weight is 389 g/mol. The van der Waals surface area contributed by atoms with Crippen molar-refractivity contribution in [3.8, 4) is 0 Å². The van der Waals surface area contributed by atoms with Crippen LogP contribution in [-0.2, 0) is 9.53 Å². The molecule has 2 amide bonds. The minimum atomic E-state index is -0.476. The minimum absolute atomic E-state index is 0.0554. The lowest BCUT2D eigenvalue weighted by Gasteiger charge is -2.33. The summed E-state index contributed by atoms with van der Waals surface area (Å²) in [6.45, 7) is 5.49. The standard InChI is InChI=1S/C21H31N3O4/c1-4-27-21(26)24-17(19-10-5-14(2)28-19)8-9-18(24)20(25)23-12-11-15-6-7-16(13-23)22(15)3/h5,10,15-18H,4,6-9,11-13H2,1-3H3/t15-,16+,17+,18-/m1/s1. The van der Waals surface area contributed by atoms with Gasteiger partial charge >= 0.3 is 6.09 Å². The normalized spacial score (nSPS) is 30.5. The summed E-state index contributed by atoms with van der Waals surface area (Å²) >= 11 is 0. The van der Waals surface area contributed by atoms with Gasteiger partial charge in [0.1, 0.15) is 17.6 Å². The third kappa shape index (κ3) is 3.41. The molecule has 0 N–H and O–H groups in total. The van der Waals surface area contributed by atoms with Gasteiger partial charge in [0, 0.05) is 25.2 Å². The molecule has 0 spiro atoms. The van der Waals surface area contributed by atoms with Crippen LogP contribution in [0.4, 0.5) is 4.79 Å². The Hall–Kier alpha value is -2.02. The van der Waals surface area contributed by atoms with E-state index in [1.54, 1.807) is 11.8 Å². The number of likely N-dealkylation sites (N-methyl/N-ethyl adjacent to an activating group) is 1. The number of carbonyl (C=O) groups excluding carboxylic acids is 2. The highest BCUT2D eigenvalue weighted by molar-refractivity contribution is 5.86. The molecule has 7 heteroatoms. The molecule has 3 aliphatic heterocycles. The van der Waals surface area contributed by atoms with E-state index in [9.17, 15) is 9.59 Å². The lowest BCUT2D eigenvalue weighted by Crippen LogP contribution is -2.50. The highest BCUT2D eigenvalue weighted by atomic mass is 16.6. The van der Waals surface area contributed by atoms with Crippen molar-refractivity contribution in [2.75, 3.05) is 26.7 Å². The predicted molar refractivity (Wildman–Crippen MR) is 104 cm³/mol. The topological polar surface area (TPSA) is 66.2 Å². The molecule has 28 heavy (non-hydrogen) atoms. The molecule has 1 aromatic rings. The van der Waals surface area contributed by atoms with E-state index in [1.165, 1.54) is 6.42 Å². The second-order valence-corrected chi connectivity index (χ2v) is 8.29. The molecule has 0 unspecified atom stereocenters.